The van der Waals surface area contributed by atoms with Crippen LogP contribution in [0.25, 0.3) is 0 Å². The lowest BCUT2D eigenvalue weighted by molar-refractivity contribution is -0.137. The predicted molar refractivity (Wildman–Crippen MR) is 330 cm³/mol. The second-order valence-corrected chi connectivity index (χ2v) is 24.1. The van der Waals surface area contributed by atoms with Gasteiger partial charge >= 0.3 is 12.2 Å². The summed E-state index contributed by atoms with van der Waals surface area (Å²) >= 11 is 0. The van der Waals surface area contributed by atoms with Gasteiger partial charge in [0.1, 0.15) is 24.5 Å². The van der Waals surface area contributed by atoms with E-state index in [1.807, 2.05) is 77.1 Å². The lowest BCUT2D eigenvalue weighted by Gasteiger charge is -2.40. The predicted octanol–water partition coefficient (Wildman–Crippen LogP) is 12.1. The van der Waals surface area contributed by atoms with Gasteiger partial charge in [0.25, 0.3) is 0 Å². The summed E-state index contributed by atoms with van der Waals surface area (Å²) in [5.74, 6) is -3.67. The van der Waals surface area contributed by atoms with Crippen LogP contribution in [-0.4, -0.2) is 110 Å². The summed E-state index contributed by atoms with van der Waals surface area (Å²) < 4.78 is 23.9. The van der Waals surface area contributed by atoms with Crippen LogP contribution in [0, 0.1) is 53.3 Å². The van der Waals surface area contributed by atoms with Gasteiger partial charge in [0.2, 0.25) is 17.7 Å². The molecule has 0 aliphatic heterocycles. The van der Waals surface area contributed by atoms with Crippen LogP contribution in [-0.2, 0) is 49.5 Å². The van der Waals surface area contributed by atoms with Crippen LogP contribution in [0.1, 0.15) is 164 Å². The van der Waals surface area contributed by atoms with Crippen molar-refractivity contribution in [2.45, 2.75) is 189 Å². The van der Waals surface area contributed by atoms with Gasteiger partial charge in [-0.05, 0) is 116 Å². The zero-order valence-electron chi connectivity index (χ0n) is 52.6. The van der Waals surface area contributed by atoms with Crippen molar-refractivity contribution in [1.29, 1.82) is 0 Å². The number of likely N-dealkylation sites (N-methyl/N-ethyl adjacent to an activating group) is 1. The Morgan fingerprint density at radius 2 is 1.49 bits per heavy atom. The summed E-state index contributed by atoms with van der Waals surface area (Å²) in [6.45, 7) is 28.3. The van der Waals surface area contributed by atoms with E-state index < -0.39 is 66.4 Å². The van der Waals surface area contributed by atoms with Crippen LogP contribution in [0.4, 0.5) is 21.0 Å². The van der Waals surface area contributed by atoms with Crippen molar-refractivity contribution in [3.63, 3.8) is 0 Å². The first-order valence-corrected chi connectivity index (χ1v) is 30.7. The lowest BCUT2D eigenvalue weighted by Crippen LogP contribution is -2.47. The molecule has 5 amide bonds. The van der Waals surface area contributed by atoms with E-state index in [4.69, 9.17) is 18.9 Å². The molecule has 2 aliphatic rings. The molecule has 10 unspecified atom stereocenters. The molecule has 84 heavy (non-hydrogen) atoms. The Kier molecular flexibility index (Phi) is 29.1. The molecule has 0 saturated heterocycles. The molecule has 1 saturated carbocycles. The fourth-order valence-electron chi connectivity index (χ4n) is 12.5. The Balaban J connectivity index is 1.49. The first kappa shape index (κ1) is 70.3. The minimum absolute atomic E-state index is 0.0364. The van der Waals surface area contributed by atoms with Gasteiger partial charge in [-0.3, -0.25) is 29.3 Å². The van der Waals surface area contributed by atoms with Gasteiger partial charge in [-0.1, -0.05) is 143 Å². The number of ketones is 2. The minimum atomic E-state index is -0.967. The van der Waals surface area contributed by atoms with E-state index in [1.54, 1.807) is 46.3 Å². The Labute approximate surface area is 501 Å². The van der Waals surface area contributed by atoms with Gasteiger partial charge < -0.3 is 44.9 Å². The van der Waals surface area contributed by atoms with Crippen molar-refractivity contribution < 1.29 is 57.6 Å². The van der Waals surface area contributed by atoms with Crippen LogP contribution in [0.3, 0.4) is 0 Å². The smallest absolute Gasteiger partial charge is 0.412 e. The van der Waals surface area contributed by atoms with Crippen molar-refractivity contribution in [3.05, 3.63) is 96.1 Å². The van der Waals surface area contributed by atoms with Crippen molar-refractivity contribution >= 4 is 52.8 Å². The third-order valence-corrected chi connectivity index (χ3v) is 17.5. The first-order valence-electron chi connectivity index (χ1n) is 30.7. The average molecular weight is 1170 g/mol. The molecule has 17 heteroatoms. The van der Waals surface area contributed by atoms with Crippen LogP contribution in [0.5, 0.6) is 0 Å². The van der Waals surface area contributed by atoms with Gasteiger partial charge in [0, 0.05) is 58.9 Å². The molecule has 1 fully saturated rings. The Morgan fingerprint density at radius 3 is 2.12 bits per heavy atom. The number of hydrogen-bond donors (Lipinski definition) is 5. The monoisotopic (exact) mass is 1170 g/mol. The third kappa shape index (κ3) is 20.0. The highest BCUT2D eigenvalue weighted by Gasteiger charge is 2.45. The van der Waals surface area contributed by atoms with E-state index in [2.05, 4.69) is 55.2 Å². The van der Waals surface area contributed by atoms with E-state index in [1.165, 1.54) is 11.9 Å². The molecule has 0 bridgehead atoms. The van der Waals surface area contributed by atoms with Crippen LogP contribution >= 0.6 is 0 Å². The molecule has 5 N–H and O–H groups in total. The summed E-state index contributed by atoms with van der Waals surface area (Å²) in [5, 5.41) is 22.2. The van der Waals surface area contributed by atoms with Crippen molar-refractivity contribution in [2.24, 2.45) is 53.3 Å². The number of amides is 5. The summed E-state index contributed by atoms with van der Waals surface area (Å²) in [6, 6.07) is 12.5. The topological polar surface area (TPSA) is 228 Å². The number of allylic oxidation sites excluding steroid dienone is 2. The van der Waals surface area contributed by atoms with E-state index in [-0.39, 0.29) is 109 Å². The Bertz CT molecular complexity index is 2550. The molecule has 2 aliphatic carbocycles. The quantitative estimate of drug-likeness (QED) is 0.0340. The number of aliphatic hydroxyl groups is 1. The molecule has 2 aromatic rings. The number of rotatable bonds is 32. The zero-order valence-corrected chi connectivity index (χ0v) is 52.6. The molecule has 2 aromatic carbocycles. The number of carbonyl (C=O) groups is 7. The summed E-state index contributed by atoms with van der Waals surface area (Å²) in [5.41, 5.74) is 2.74. The SMILES string of the molecule is C=C(C(=O)[C@H](C(C)C)N(C)C(=O)OCc1ccc(NC(=O)OC2/C=C/CCCCC2)c(NC(=O)CCNC(=O)CC)c1)C(C(=C)C(C)C(C(C)CC)C(CC(=O)C1CCCC1C(OC)C(C)C(=O)N[C@H](C)[C@@H](O)c1ccccc1)OC)C(C)C. The van der Waals surface area contributed by atoms with E-state index in [0.29, 0.717) is 29.5 Å². The van der Waals surface area contributed by atoms with Crippen LogP contribution in [0.15, 0.2) is 85.0 Å². The maximum atomic E-state index is 14.9. The minimum Gasteiger partial charge on any atom is -0.445 e. The highest BCUT2D eigenvalue weighted by atomic mass is 16.6. The maximum absolute atomic E-state index is 14.9. The molecule has 0 radical (unpaired) electrons. The Hall–Kier alpha value is -6.17. The fraction of sp³-hybridized carbons (Fsp3) is 0.627. The molecule has 17 nitrogen and oxygen atoms in total. The molecule has 0 spiro atoms. The number of nitrogens with one attached hydrogen (secondary N) is 4. The summed E-state index contributed by atoms with van der Waals surface area (Å²) in [6.07, 6.45) is 8.11. The standard InChI is InChI=1S/C67H101N5O12/c1-16-42(7)60(56(81-14)38-55(73)51-31-26-32-52(51)64(82-15)46(11)65(78)69-47(12)63(77)49-27-22-21-23-28-49)44(9)43(8)59(40(3)4)45(10)62(76)61(41(5)6)72(13)67(80)83-39-48-33-34-53(54(37-48)70-58(75)35-36-68-57(74)17-2)71-66(79)84-50-29-24-19-18-20-25-30-50/h21-24,27-29,33-34,37,40-42,44,46-47,50-52,56,59-61,63-64,77H,8,10,16-20,25-26,30-32,35-36,38-39H2,1-7,9,11-15H3,(H,68,74)(H,69,78)(H,70,75)(H,71,79)/b29-24+/t42?,44?,46?,47-,50?,51?,52?,56?,59?,60?,61+,63-,64?/m1/s1. The number of anilines is 2. The van der Waals surface area contributed by atoms with Gasteiger partial charge in [-0.2, -0.15) is 0 Å². The number of aliphatic hydroxyl groups excluding tert-OH is 1. The number of ether oxygens (including phenoxy) is 4. The van der Waals surface area contributed by atoms with Crippen molar-refractivity contribution in [3.8, 4) is 0 Å². The van der Waals surface area contributed by atoms with Crippen LogP contribution in [0.2, 0.25) is 0 Å². The number of Topliss-reactive ketones (excluding diaryl/α,β-unsaturated/α-hetero) is 2. The van der Waals surface area contributed by atoms with E-state index in [9.17, 15) is 38.7 Å². The maximum Gasteiger partial charge on any atom is 0.412 e. The highest BCUT2D eigenvalue weighted by Crippen LogP contribution is 2.44. The first-order chi connectivity index (χ1) is 39.9. The largest absolute Gasteiger partial charge is 0.445 e. The molecule has 4 rings (SSSR count). The lowest BCUT2D eigenvalue weighted by atomic mass is 9.67. The number of benzene rings is 2. The van der Waals surface area contributed by atoms with Gasteiger partial charge in [-0.25, -0.2) is 9.59 Å². The second kappa shape index (κ2) is 34.7. The number of carbonyl (C=O) groups excluding carboxylic acids is 7. The van der Waals surface area contributed by atoms with E-state index >= 15 is 0 Å². The molecule has 0 aromatic heterocycles. The van der Waals surface area contributed by atoms with Crippen LogP contribution < -0.4 is 21.3 Å². The van der Waals surface area contributed by atoms with E-state index in [0.717, 1.165) is 50.5 Å². The molecule has 13 atom stereocenters. The zero-order chi connectivity index (χ0) is 62.4. The molecule has 466 valence electrons. The average Bonchev–Trinajstić information content (AvgIpc) is 2.68. The summed E-state index contributed by atoms with van der Waals surface area (Å²) in [4.78, 5) is 96.8. The third-order valence-electron chi connectivity index (χ3n) is 17.5. The van der Waals surface area contributed by atoms with Gasteiger partial charge in [0.15, 0.2) is 5.78 Å². The molecular weight excluding hydrogens is 1070 g/mol. The van der Waals surface area contributed by atoms with Crippen molar-refractivity contribution in [1.82, 2.24) is 15.5 Å². The number of hydrogen-bond acceptors (Lipinski definition) is 12. The molecule has 0 heterocycles. The Morgan fingerprint density at radius 1 is 0.786 bits per heavy atom. The highest BCUT2D eigenvalue weighted by molar-refractivity contribution is 6.01. The number of nitrogens with zero attached hydrogens (tertiary/aromatic N) is 1. The fourth-order valence-corrected chi connectivity index (χ4v) is 12.5. The van der Waals surface area contributed by atoms with Gasteiger partial charge in [-0.15, -0.1) is 0 Å². The summed E-state index contributed by atoms with van der Waals surface area (Å²) in [7, 11) is 4.73. The second-order valence-electron chi connectivity index (χ2n) is 24.1. The molecular formula is C67H101N5O12. The van der Waals surface area contributed by atoms with Gasteiger partial charge in [0.05, 0.1) is 41.6 Å². The van der Waals surface area contributed by atoms with Crippen molar-refractivity contribution in [2.75, 3.05) is 38.4 Å². The normalized spacial score (nSPS) is 20.2. The number of methoxy groups -OCH3 is 2.